The number of hydrogen-bond donors (Lipinski definition) is 0. The van der Waals surface area contributed by atoms with Crippen molar-refractivity contribution in [1.29, 1.82) is 0 Å². The molecule has 3 heteroatoms. The van der Waals surface area contributed by atoms with Crippen molar-refractivity contribution in [3.8, 4) is 22.5 Å². The van der Waals surface area contributed by atoms with E-state index in [4.69, 9.17) is 0 Å². The van der Waals surface area contributed by atoms with E-state index in [1.54, 1.807) is 12.4 Å². The van der Waals surface area contributed by atoms with Crippen LogP contribution in [-0.4, -0.2) is 9.97 Å². The average Bonchev–Trinajstić information content (AvgIpc) is 2.71. The molecule has 131 valence electrons. The number of aromatic nitrogens is 2. The Bertz CT molecular complexity index is 857. The minimum atomic E-state index is 0. The summed E-state index contributed by atoms with van der Waals surface area (Å²) in [6.45, 7) is 2.07. The van der Waals surface area contributed by atoms with E-state index in [9.17, 15) is 0 Å². The molecule has 0 saturated heterocycles. The van der Waals surface area contributed by atoms with Crippen molar-refractivity contribution in [2.75, 3.05) is 0 Å². The minimum absolute atomic E-state index is 0. The van der Waals surface area contributed by atoms with E-state index >= 15 is 0 Å². The summed E-state index contributed by atoms with van der Waals surface area (Å²) >= 11 is 0. The second kappa shape index (κ2) is 10.4. The van der Waals surface area contributed by atoms with Gasteiger partial charge in [-0.25, -0.2) is 0 Å². The third kappa shape index (κ3) is 5.73. The molecule has 4 aromatic rings. The Morgan fingerprint density at radius 1 is 0.654 bits per heavy atom. The Labute approximate surface area is 168 Å². The molecular formula is C23H18IrN2-2. The summed E-state index contributed by atoms with van der Waals surface area (Å²) in [5, 5.41) is 0. The Kier molecular flexibility index (Phi) is 7.88. The van der Waals surface area contributed by atoms with Crippen molar-refractivity contribution in [3.63, 3.8) is 0 Å². The van der Waals surface area contributed by atoms with Crippen LogP contribution < -0.4 is 0 Å². The number of rotatable bonds is 2. The zero-order chi connectivity index (χ0) is 17.3. The van der Waals surface area contributed by atoms with Crippen LogP contribution in [0, 0.1) is 19.1 Å². The predicted molar refractivity (Wildman–Crippen MR) is 102 cm³/mol. The minimum Gasteiger partial charge on any atom is -0.305 e. The number of hydrogen-bond acceptors (Lipinski definition) is 2. The standard InChI is InChI=1S/C12H10N.C11H8N.Ir/c1-10-5-4-6-11(9-10)12-7-2-3-8-13-12;1-2-6-10(7-3-1)11-8-4-5-9-12-11;/h2-5,7-9H,1H3;1-6,8-9H;/q2*-1;. The van der Waals surface area contributed by atoms with Crippen molar-refractivity contribution in [2.24, 2.45) is 0 Å². The SMILES string of the molecule is Cc1cc[c-]c(-c2ccccn2)c1.[Ir].[c-]1ccccc1-c1ccccn1. The maximum Gasteiger partial charge on any atom is 0.0160 e. The van der Waals surface area contributed by atoms with Gasteiger partial charge in [-0.3, -0.25) is 0 Å². The third-order valence-electron chi connectivity index (χ3n) is 3.55. The molecule has 2 aromatic carbocycles. The molecule has 0 fully saturated rings. The van der Waals surface area contributed by atoms with Gasteiger partial charge in [-0.15, -0.1) is 71.3 Å². The molecule has 0 aliphatic rings. The predicted octanol–water partition coefficient (Wildman–Crippen LogP) is 5.40. The van der Waals surface area contributed by atoms with Crippen LogP contribution >= 0.6 is 0 Å². The van der Waals surface area contributed by atoms with E-state index < -0.39 is 0 Å². The van der Waals surface area contributed by atoms with Crippen LogP contribution in [0.2, 0.25) is 0 Å². The van der Waals surface area contributed by atoms with Crippen LogP contribution in [0.25, 0.3) is 22.5 Å². The Morgan fingerprint density at radius 2 is 1.27 bits per heavy atom. The summed E-state index contributed by atoms with van der Waals surface area (Å²) in [5.74, 6) is 0. The van der Waals surface area contributed by atoms with Gasteiger partial charge in [-0.05, 0) is 23.5 Å². The molecule has 0 unspecified atom stereocenters. The zero-order valence-electron chi connectivity index (χ0n) is 14.4. The summed E-state index contributed by atoms with van der Waals surface area (Å²) in [7, 11) is 0. The van der Waals surface area contributed by atoms with E-state index in [1.807, 2.05) is 72.8 Å². The molecule has 4 rings (SSSR count). The van der Waals surface area contributed by atoms with Crippen LogP contribution in [0.1, 0.15) is 5.56 Å². The Morgan fingerprint density at radius 3 is 1.81 bits per heavy atom. The topological polar surface area (TPSA) is 25.8 Å². The first kappa shape index (κ1) is 19.7. The third-order valence-corrected chi connectivity index (χ3v) is 3.55. The molecule has 0 aliphatic heterocycles. The van der Waals surface area contributed by atoms with Gasteiger partial charge in [0.2, 0.25) is 0 Å². The summed E-state index contributed by atoms with van der Waals surface area (Å²) in [6.07, 6.45) is 3.58. The van der Waals surface area contributed by atoms with Gasteiger partial charge in [0.15, 0.2) is 0 Å². The van der Waals surface area contributed by atoms with Gasteiger partial charge >= 0.3 is 0 Å². The molecule has 26 heavy (non-hydrogen) atoms. The Hall–Kier alpha value is -2.61. The smallest absolute Gasteiger partial charge is 0.0160 e. The van der Waals surface area contributed by atoms with Crippen LogP contribution in [0.3, 0.4) is 0 Å². The van der Waals surface area contributed by atoms with Gasteiger partial charge in [-0.1, -0.05) is 31.2 Å². The summed E-state index contributed by atoms with van der Waals surface area (Å²) in [6, 6.07) is 31.9. The quantitative estimate of drug-likeness (QED) is 0.335. The van der Waals surface area contributed by atoms with Crippen molar-refractivity contribution >= 4 is 0 Å². The summed E-state index contributed by atoms with van der Waals surface area (Å²) in [4.78, 5) is 8.48. The number of pyridine rings is 2. The van der Waals surface area contributed by atoms with E-state index in [0.717, 1.165) is 22.5 Å². The normalized spacial score (nSPS) is 9.42. The molecule has 2 nitrogen and oxygen atoms in total. The van der Waals surface area contributed by atoms with Gasteiger partial charge < -0.3 is 9.97 Å². The molecule has 2 heterocycles. The second-order valence-electron chi connectivity index (χ2n) is 5.49. The van der Waals surface area contributed by atoms with Crippen LogP contribution in [0.5, 0.6) is 0 Å². The van der Waals surface area contributed by atoms with Gasteiger partial charge in [0.05, 0.1) is 0 Å². The molecule has 0 bridgehead atoms. The van der Waals surface area contributed by atoms with Gasteiger partial charge in [0, 0.05) is 32.5 Å². The molecule has 0 aliphatic carbocycles. The first-order valence-corrected chi connectivity index (χ1v) is 8.11. The maximum absolute atomic E-state index is 4.26. The fraction of sp³-hybridized carbons (Fsp3) is 0.0435. The van der Waals surface area contributed by atoms with Crippen molar-refractivity contribution in [2.45, 2.75) is 6.92 Å². The number of benzene rings is 2. The van der Waals surface area contributed by atoms with Gasteiger partial charge in [0.25, 0.3) is 0 Å². The van der Waals surface area contributed by atoms with Crippen molar-refractivity contribution in [3.05, 3.63) is 109 Å². The molecule has 0 N–H and O–H groups in total. The number of nitrogens with zero attached hydrogens (tertiary/aromatic N) is 2. The Balaban J connectivity index is 0.000000180. The summed E-state index contributed by atoms with van der Waals surface area (Å²) in [5.41, 5.74) is 5.28. The largest absolute Gasteiger partial charge is 0.305 e. The number of aryl methyl sites for hydroxylation is 1. The van der Waals surface area contributed by atoms with Crippen molar-refractivity contribution in [1.82, 2.24) is 9.97 Å². The zero-order valence-corrected chi connectivity index (χ0v) is 16.8. The van der Waals surface area contributed by atoms with Crippen molar-refractivity contribution < 1.29 is 20.1 Å². The molecule has 0 saturated carbocycles. The first-order valence-electron chi connectivity index (χ1n) is 8.11. The molecule has 2 aromatic heterocycles. The molecule has 0 amide bonds. The molecule has 0 spiro atoms. The van der Waals surface area contributed by atoms with E-state index in [-0.39, 0.29) is 20.1 Å². The fourth-order valence-electron chi connectivity index (χ4n) is 2.33. The molecule has 0 atom stereocenters. The first-order chi connectivity index (χ1) is 12.3. The fourth-order valence-corrected chi connectivity index (χ4v) is 2.33. The molecular weight excluding hydrogens is 496 g/mol. The monoisotopic (exact) mass is 515 g/mol. The maximum atomic E-state index is 4.26. The van der Waals surface area contributed by atoms with Crippen LogP contribution in [0.4, 0.5) is 0 Å². The second-order valence-corrected chi connectivity index (χ2v) is 5.49. The average molecular weight is 515 g/mol. The van der Waals surface area contributed by atoms with Crippen LogP contribution in [-0.2, 0) is 20.1 Å². The summed E-state index contributed by atoms with van der Waals surface area (Å²) < 4.78 is 0. The van der Waals surface area contributed by atoms with Gasteiger partial charge in [-0.2, -0.15) is 0 Å². The van der Waals surface area contributed by atoms with E-state index in [1.165, 1.54) is 5.56 Å². The van der Waals surface area contributed by atoms with Crippen LogP contribution in [0.15, 0.2) is 91.3 Å². The van der Waals surface area contributed by atoms with E-state index in [2.05, 4.69) is 35.1 Å². The molecule has 1 radical (unpaired) electrons. The van der Waals surface area contributed by atoms with E-state index in [0.29, 0.717) is 0 Å². The van der Waals surface area contributed by atoms with Gasteiger partial charge in [0.1, 0.15) is 0 Å².